The maximum atomic E-state index is 5.80. The fourth-order valence-corrected chi connectivity index (χ4v) is 3.32. The summed E-state index contributed by atoms with van der Waals surface area (Å²) in [5.74, 6) is 1.78. The average Bonchev–Trinajstić information content (AvgIpc) is 3.08. The lowest BCUT2D eigenvalue weighted by Crippen LogP contribution is -2.45. The Bertz CT molecular complexity index is 767. The van der Waals surface area contributed by atoms with Crippen LogP contribution in [0.1, 0.15) is 32.0 Å². The molecule has 3 rings (SSSR count). The smallest absolute Gasteiger partial charge is 0.191 e. The van der Waals surface area contributed by atoms with Gasteiger partial charge < -0.3 is 20.3 Å². The molecule has 0 spiro atoms. The van der Waals surface area contributed by atoms with Crippen molar-refractivity contribution in [2.24, 2.45) is 12.0 Å². The van der Waals surface area contributed by atoms with Crippen molar-refractivity contribution in [1.82, 2.24) is 25.4 Å². The van der Waals surface area contributed by atoms with E-state index in [1.54, 1.807) is 6.20 Å². The van der Waals surface area contributed by atoms with Crippen LogP contribution in [0, 0.1) is 0 Å². The van der Waals surface area contributed by atoms with Crippen LogP contribution in [-0.4, -0.2) is 52.6 Å². The Morgan fingerprint density at radius 2 is 1.97 bits per heavy atom. The van der Waals surface area contributed by atoms with Crippen molar-refractivity contribution in [3.63, 3.8) is 0 Å². The Kier molecular flexibility index (Phi) is 9.15. The number of hydrogen-bond acceptors (Lipinski definition) is 5. The highest BCUT2D eigenvalue weighted by atomic mass is 127. The lowest BCUT2D eigenvalue weighted by Gasteiger charge is -2.36. The molecule has 1 aliphatic rings. The Hall–Kier alpha value is -1.88. The van der Waals surface area contributed by atoms with E-state index in [1.807, 2.05) is 24.0 Å². The molecule has 2 atom stereocenters. The molecule has 2 aromatic heterocycles. The van der Waals surface area contributed by atoms with Crippen LogP contribution in [0.25, 0.3) is 0 Å². The first kappa shape index (κ1) is 23.4. The van der Waals surface area contributed by atoms with Crippen molar-refractivity contribution in [2.75, 3.05) is 24.5 Å². The van der Waals surface area contributed by atoms with Gasteiger partial charge in [-0.05, 0) is 38.5 Å². The average molecular weight is 513 g/mol. The van der Waals surface area contributed by atoms with E-state index in [0.717, 1.165) is 42.7 Å². The number of hydrogen-bond donors (Lipinski definition) is 2. The van der Waals surface area contributed by atoms with Gasteiger partial charge >= 0.3 is 0 Å². The van der Waals surface area contributed by atoms with Crippen molar-refractivity contribution in [3.05, 3.63) is 41.9 Å². The molecular weight excluding hydrogens is 481 g/mol. The van der Waals surface area contributed by atoms with E-state index in [2.05, 4.69) is 63.5 Å². The summed E-state index contributed by atoms with van der Waals surface area (Å²) in [5, 5.41) is 10.8. The van der Waals surface area contributed by atoms with Gasteiger partial charge in [-0.2, -0.15) is 5.10 Å². The summed E-state index contributed by atoms with van der Waals surface area (Å²) in [5.41, 5.74) is 2.18. The van der Waals surface area contributed by atoms with E-state index in [9.17, 15) is 0 Å². The summed E-state index contributed by atoms with van der Waals surface area (Å²) in [7, 11) is 1.93. The molecule has 0 amide bonds. The number of anilines is 1. The first-order valence-electron chi connectivity index (χ1n) is 9.89. The number of aliphatic imine (C=N–C) groups is 1. The van der Waals surface area contributed by atoms with E-state index < -0.39 is 0 Å². The summed E-state index contributed by atoms with van der Waals surface area (Å²) in [6, 6.07) is 6.17. The zero-order valence-corrected chi connectivity index (χ0v) is 20.0. The molecule has 9 heteroatoms. The first-order valence-corrected chi connectivity index (χ1v) is 9.89. The molecular formula is C20H32IN7O. The maximum absolute atomic E-state index is 5.80. The van der Waals surface area contributed by atoms with Crippen molar-refractivity contribution < 1.29 is 4.74 Å². The highest BCUT2D eigenvalue weighted by Gasteiger charge is 2.22. The number of halogens is 1. The normalized spacial score (nSPS) is 19.6. The van der Waals surface area contributed by atoms with Gasteiger partial charge in [-0.15, -0.1) is 24.0 Å². The Balaban J connectivity index is 0.00000300. The lowest BCUT2D eigenvalue weighted by molar-refractivity contribution is -0.00545. The molecule has 3 heterocycles. The molecule has 0 bridgehead atoms. The zero-order chi connectivity index (χ0) is 19.9. The lowest BCUT2D eigenvalue weighted by atomic mass is 10.2. The zero-order valence-electron chi connectivity index (χ0n) is 17.6. The molecule has 1 aliphatic heterocycles. The third kappa shape index (κ3) is 6.84. The molecule has 1 saturated heterocycles. The minimum absolute atomic E-state index is 0. The molecule has 0 aliphatic carbocycles. The third-order valence-electron chi connectivity index (χ3n) is 4.68. The van der Waals surface area contributed by atoms with Gasteiger partial charge in [0.25, 0.3) is 0 Å². The van der Waals surface area contributed by atoms with E-state index in [1.165, 1.54) is 0 Å². The number of nitrogens with zero attached hydrogens (tertiary/aromatic N) is 5. The van der Waals surface area contributed by atoms with Gasteiger partial charge in [0.1, 0.15) is 5.82 Å². The van der Waals surface area contributed by atoms with E-state index in [-0.39, 0.29) is 36.2 Å². The number of guanidine groups is 1. The standard InChI is InChI=1S/C20H31N7O.HI/c1-5-21-20(24-12-18-8-9-25-26(18)4)23-11-17-6-7-19(22-10-17)27-13-15(2)28-16(3)14-27;/h6-10,15-16H,5,11-14H2,1-4H3,(H2,21,23,24);1H. The summed E-state index contributed by atoms with van der Waals surface area (Å²) < 4.78 is 7.65. The van der Waals surface area contributed by atoms with Gasteiger partial charge in [0, 0.05) is 39.1 Å². The van der Waals surface area contributed by atoms with Crippen LogP contribution < -0.4 is 15.5 Å². The summed E-state index contributed by atoms with van der Waals surface area (Å²) >= 11 is 0. The first-order chi connectivity index (χ1) is 13.5. The second-order valence-electron chi connectivity index (χ2n) is 7.18. The largest absolute Gasteiger partial charge is 0.372 e. The molecule has 2 unspecified atom stereocenters. The van der Waals surface area contributed by atoms with Crippen LogP contribution >= 0.6 is 24.0 Å². The number of morpholine rings is 1. The van der Waals surface area contributed by atoms with E-state index >= 15 is 0 Å². The summed E-state index contributed by atoms with van der Waals surface area (Å²) in [4.78, 5) is 11.6. The highest BCUT2D eigenvalue weighted by Crippen LogP contribution is 2.18. The van der Waals surface area contributed by atoms with E-state index in [4.69, 9.17) is 4.74 Å². The predicted octanol–water partition coefficient (Wildman–Crippen LogP) is 2.30. The third-order valence-corrected chi connectivity index (χ3v) is 4.68. The molecule has 2 aromatic rings. The fourth-order valence-electron chi connectivity index (χ4n) is 3.32. The minimum atomic E-state index is 0. The van der Waals surface area contributed by atoms with Crippen LogP contribution in [0.5, 0.6) is 0 Å². The molecule has 0 radical (unpaired) electrons. The number of pyridine rings is 1. The summed E-state index contributed by atoms with van der Waals surface area (Å²) in [6.45, 7) is 10.1. The number of rotatable bonds is 6. The molecule has 1 fully saturated rings. The number of aromatic nitrogens is 3. The van der Waals surface area contributed by atoms with Crippen LogP contribution in [0.3, 0.4) is 0 Å². The van der Waals surface area contributed by atoms with Crippen LogP contribution in [-0.2, 0) is 24.9 Å². The van der Waals surface area contributed by atoms with Crippen molar-refractivity contribution in [3.8, 4) is 0 Å². The van der Waals surface area contributed by atoms with E-state index in [0.29, 0.717) is 13.1 Å². The molecule has 160 valence electrons. The van der Waals surface area contributed by atoms with Crippen LogP contribution in [0.4, 0.5) is 5.82 Å². The van der Waals surface area contributed by atoms with Crippen molar-refractivity contribution in [2.45, 2.75) is 46.1 Å². The van der Waals surface area contributed by atoms with Crippen LogP contribution in [0.2, 0.25) is 0 Å². The van der Waals surface area contributed by atoms with Gasteiger partial charge in [-0.1, -0.05) is 6.07 Å². The van der Waals surface area contributed by atoms with Gasteiger partial charge in [-0.3, -0.25) is 4.68 Å². The number of aryl methyl sites for hydroxylation is 1. The monoisotopic (exact) mass is 513 g/mol. The predicted molar refractivity (Wildman–Crippen MR) is 127 cm³/mol. The molecule has 2 N–H and O–H groups in total. The van der Waals surface area contributed by atoms with Gasteiger partial charge in [0.2, 0.25) is 0 Å². The topological polar surface area (TPSA) is 79.6 Å². The number of nitrogens with one attached hydrogen (secondary N) is 2. The second-order valence-corrected chi connectivity index (χ2v) is 7.18. The Morgan fingerprint density at radius 3 is 2.55 bits per heavy atom. The molecule has 0 saturated carbocycles. The van der Waals surface area contributed by atoms with Crippen molar-refractivity contribution in [1.29, 1.82) is 0 Å². The molecule has 0 aromatic carbocycles. The second kappa shape index (κ2) is 11.3. The van der Waals surface area contributed by atoms with Gasteiger partial charge in [0.15, 0.2) is 5.96 Å². The fraction of sp³-hybridized carbons (Fsp3) is 0.550. The summed E-state index contributed by atoms with van der Waals surface area (Å²) in [6.07, 6.45) is 4.16. The SMILES string of the molecule is CCNC(=NCc1ccc(N2CC(C)OC(C)C2)nc1)NCc1ccnn1C.I. The molecule has 8 nitrogen and oxygen atoms in total. The Morgan fingerprint density at radius 1 is 1.21 bits per heavy atom. The van der Waals surface area contributed by atoms with Crippen LogP contribution in [0.15, 0.2) is 35.6 Å². The highest BCUT2D eigenvalue weighted by molar-refractivity contribution is 14.0. The minimum Gasteiger partial charge on any atom is -0.372 e. The van der Waals surface area contributed by atoms with Gasteiger partial charge in [-0.25, -0.2) is 9.98 Å². The van der Waals surface area contributed by atoms with Crippen molar-refractivity contribution >= 4 is 35.8 Å². The Labute approximate surface area is 190 Å². The molecule has 29 heavy (non-hydrogen) atoms. The quantitative estimate of drug-likeness (QED) is 0.351. The maximum Gasteiger partial charge on any atom is 0.191 e. The number of ether oxygens (including phenoxy) is 1. The van der Waals surface area contributed by atoms with Gasteiger partial charge in [0.05, 0.1) is 31.0 Å².